The van der Waals surface area contributed by atoms with Crippen LogP contribution in [-0.4, -0.2) is 31.2 Å². The van der Waals surface area contributed by atoms with E-state index in [-0.39, 0.29) is 5.69 Å². The van der Waals surface area contributed by atoms with Crippen LogP contribution in [0.25, 0.3) is 0 Å². The molecule has 1 aromatic carbocycles. The Morgan fingerprint density at radius 3 is 2.78 bits per heavy atom. The van der Waals surface area contributed by atoms with Gasteiger partial charge in [-0.3, -0.25) is 10.1 Å². The van der Waals surface area contributed by atoms with Crippen molar-refractivity contribution in [2.45, 2.75) is 0 Å². The first-order valence-corrected chi connectivity index (χ1v) is 5.14. The molecule has 0 aromatic heterocycles. The Morgan fingerprint density at radius 1 is 1.50 bits per heavy atom. The van der Waals surface area contributed by atoms with Crippen LogP contribution in [0.15, 0.2) is 18.2 Å². The third-order valence-electron chi connectivity index (χ3n) is 2.14. The standard InChI is InChI=1S/C10H14N4O4/c1-18-9-6-7(14(16)17)2-3-8(9)12-4-5-13-10(11)15/h2-3,6,12H,4-5H2,1H3,(H3,11,13,15). The zero-order valence-corrected chi connectivity index (χ0v) is 9.80. The largest absolute Gasteiger partial charge is 0.494 e. The Labute approximate surface area is 103 Å². The first-order chi connectivity index (χ1) is 8.54. The molecule has 1 rings (SSSR count). The van der Waals surface area contributed by atoms with Crippen molar-refractivity contribution in [3.05, 3.63) is 28.3 Å². The minimum atomic E-state index is -0.604. The number of anilines is 1. The molecule has 8 nitrogen and oxygen atoms in total. The van der Waals surface area contributed by atoms with Crippen molar-refractivity contribution in [1.82, 2.24) is 5.32 Å². The number of amides is 2. The molecule has 1 aromatic rings. The number of nitrogens with zero attached hydrogens (tertiary/aromatic N) is 1. The summed E-state index contributed by atoms with van der Waals surface area (Å²) in [6, 6.07) is 3.63. The lowest BCUT2D eigenvalue weighted by atomic mass is 10.2. The third-order valence-corrected chi connectivity index (χ3v) is 2.14. The summed E-state index contributed by atoms with van der Waals surface area (Å²) in [7, 11) is 1.42. The summed E-state index contributed by atoms with van der Waals surface area (Å²) in [6.45, 7) is 0.770. The first-order valence-electron chi connectivity index (χ1n) is 5.14. The van der Waals surface area contributed by atoms with Gasteiger partial charge in [-0.2, -0.15) is 0 Å². The van der Waals surface area contributed by atoms with Gasteiger partial charge in [0.2, 0.25) is 0 Å². The maximum absolute atomic E-state index is 10.6. The average Bonchev–Trinajstić information content (AvgIpc) is 2.34. The summed E-state index contributed by atoms with van der Waals surface area (Å²) in [4.78, 5) is 20.5. The molecule has 0 aliphatic carbocycles. The van der Waals surface area contributed by atoms with Crippen molar-refractivity contribution in [2.24, 2.45) is 5.73 Å². The maximum atomic E-state index is 10.6. The highest BCUT2D eigenvalue weighted by atomic mass is 16.6. The van der Waals surface area contributed by atoms with Crippen molar-refractivity contribution in [1.29, 1.82) is 0 Å². The van der Waals surface area contributed by atoms with Crippen LogP contribution in [0.5, 0.6) is 5.75 Å². The van der Waals surface area contributed by atoms with E-state index in [1.807, 2.05) is 0 Å². The fraction of sp³-hybridized carbons (Fsp3) is 0.300. The molecule has 18 heavy (non-hydrogen) atoms. The second kappa shape index (κ2) is 6.28. The molecule has 0 unspecified atom stereocenters. The molecule has 0 saturated carbocycles. The number of carbonyl (C=O) groups is 1. The van der Waals surface area contributed by atoms with Gasteiger partial charge in [0.15, 0.2) is 0 Å². The number of ether oxygens (including phenoxy) is 1. The summed E-state index contributed by atoms with van der Waals surface area (Å²) in [5.41, 5.74) is 5.46. The quantitative estimate of drug-likeness (QED) is 0.392. The molecular formula is C10H14N4O4. The van der Waals surface area contributed by atoms with Crippen LogP contribution in [0.2, 0.25) is 0 Å². The predicted octanol–water partition coefficient (Wildman–Crippen LogP) is 0.684. The van der Waals surface area contributed by atoms with Gasteiger partial charge in [-0.1, -0.05) is 0 Å². The van der Waals surface area contributed by atoms with Gasteiger partial charge in [-0.25, -0.2) is 4.79 Å². The van der Waals surface area contributed by atoms with Crippen LogP contribution < -0.4 is 21.1 Å². The Bertz CT molecular complexity index is 450. The van der Waals surface area contributed by atoms with Gasteiger partial charge in [-0.15, -0.1) is 0 Å². The highest BCUT2D eigenvalue weighted by molar-refractivity contribution is 5.71. The maximum Gasteiger partial charge on any atom is 0.312 e. The minimum Gasteiger partial charge on any atom is -0.494 e. The van der Waals surface area contributed by atoms with Crippen molar-refractivity contribution in [2.75, 3.05) is 25.5 Å². The van der Waals surface area contributed by atoms with Gasteiger partial charge in [-0.05, 0) is 6.07 Å². The lowest BCUT2D eigenvalue weighted by molar-refractivity contribution is -0.384. The lowest BCUT2D eigenvalue weighted by Crippen LogP contribution is -2.33. The van der Waals surface area contributed by atoms with E-state index in [4.69, 9.17) is 10.5 Å². The molecule has 4 N–H and O–H groups in total. The third kappa shape index (κ3) is 3.81. The lowest BCUT2D eigenvalue weighted by Gasteiger charge is -2.10. The smallest absolute Gasteiger partial charge is 0.312 e. The van der Waals surface area contributed by atoms with Gasteiger partial charge >= 0.3 is 6.03 Å². The number of methoxy groups -OCH3 is 1. The SMILES string of the molecule is COc1cc([N+](=O)[O-])ccc1NCCNC(N)=O. The fourth-order valence-electron chi connectivity index (χ4n) is 1.32. The number of primary amides is 1. The van der Waals surface area contributed by atoms with E-state index < -0.39 is 11.0 Å². The van der Waals surface area contributed by atoms with E-state index >= 15 is 0 Å². The Morgan fingerprint density at radius 2 is 2.22 bits per heavy atom. The summed E-state index contributed by atoms with van der Waals surface area (Å²) in [5.74, 6) is 0.364. The summed E-state index contributed by atoms with van der Waals surface area (Å²) < 4.78 is 5.04. The van der Waals surface area contributed by atoms with Crippen molar-refractivity contribution < 1.29 is 14.5 Å². The number of nitro groups is 1. The Hall–Kier alpha value is -2.51. The summed E-state index contributed by atoms with van der Waals surface area (Å²) in [5, 5.41) is 16.0. The van der Waals surface area contributed by atoms with Crippen molar-refractivity contribution >= 4 is 17.4 Å². The molecule has 0 spiro atoms. The molecule has 0 radical (unpaired) electrons. The van der Waals surface area contributed by atoms with Gasteiger partial charge in [0.25, 0.3) is 5.69 Å². The van der Waals surface area contributed by atoms with Crippen molar-refractivity contribution in [3.8, 4) is 5.75 Å². The molecule has 0 aliphatic rings. The first kappa shape index (κ1) is 13.6. The number of carbonyl (C=O) groups excluding carboxylic acids is 1. The van der Waals surface area contributed by atoms with E-state index in [2.05, 4.69) is 10.6 Å². The van der Waals surface area contributed by atoms with Crippen LogP contribution in [0, 0.1) is 10.1 Å². The van der Waals surface area contributed by atoms with Crippen LogP contribution in [-0.2, 0) is 0 Å². The summed E-state index contributed by atoms with van der Waals surface area (Å²) >= 11 is 0. The van der Waals surface area contributed by atoms with E-state index in [0.717, 1.165) is 0 Å². The predicted molar refractivity (Wildman–Crippen MR) is 65.7 cm³/mol. The van der Waals surface area contributed by atoms with E-state index in [1.165, 1.54) is 19.2 Å². The number of hydrogen-bond donors (Lipinski definition) is 3. The van der Waals surface area contributed by atoms with Gasteiger partial charge in [0.05, 0.1) is 23.8 Å². The Balaban J connectivity index is 2.65. The molecular weight excluding hydrogens is 240 g/mol. The average molecular weight is 254 g/mol. The molecule has 0 fully saturated rings. The number of non-ortho nitro benzene ring substituents is 1. The van der Waals surface area contributed by atoms with E-state index in [0.29, 0.717) is 24.5 Å². The van der Waals surface area contributed by atoms with Crippen LogP contribution in [0.1, 0.15) is 0 Å². The highest BCUT2D eigenvalue weighted by Gasteiger charge is 2.10. The fourth-order valence-corrected chi connectivity index (χ4v) is 1.32. The summed E-state index contributed by atoms with van der Waals surface area (Å²) in [6.07, 6.45) is 0. The highest BCUT2D eigenvalue weighted by Crippen LogP contribution is 2.28. The normalized spacial score (nSPS) is 9.61. The van der Waals surface area contributed by atoms with Crippen molar-refractivity contribution in [3.63, 3.8) is 0 Å². The van der Waals surface area contributed by atoms with E-state index in [1.54, 1.807) is 6.07 Å². The molecule has 0 aliphatic heterocycles. The number of nitrogens with one attached hydrogen (secondary N) is 2. The molecule has 98 valence electrons. The number of rotatable bonds is 6. The molecule has 0 bridgehead atoms. The zero-order chi connectivity index (χ0) is 13.5. The molecule has 0 saturated heterocycles. The molecule has 0 heterocycles. The Kier molecular flexibility index (Phi) is 4.73. The molecule has 0 atom stereocenters. The number of hydrogen-bond acceptors (Lipinski definition) is 5. The van der Waals surface area contributed by atoms with Gasteiger partial charge in [0.1, 0.15) is 5.75 Å². The zero-order valence-electron chi connectivity index (χ0n) is 9.80. The van der Waals surface area contributed by atoms with Gasteiger partial charge < -0.3 is 21.1 Å². The van der Waals surface area contributed by atoms with Crippen LogP contribution in [0.3, 0.4) is 0 Å². The number of urea groups is 1. The monoisotopic (exact) mass is 254 g/mol. The van der Waals surface area contributed by atoms with E-state index in [9.17, 15) is 14.9 Å². The number of nitrogens with two attached hydrogens (primary N) is 1. The molecule has 2 amide bonds. The second-order valence-corrected chi connectivity index (χ2v) is 3.36. The minimum absolute atomic E-state index is 0.0485. The topological polar surface area (TPSA) is 120 Å². The molecule has 8 heteroatoms. The second-order valence-electron chi connectivity index (χ2n) is 3.36. The van der Waals surface area contributed by atoms with Gasteiger partial charge in [0, 0.05) is 19.2 Å². The number of benzene rings is 1. The van der Waals surface area contributed by atoms with Crippen LogP contribution in [0.4, 0.5) is 16.2 Å². The van der Waals surface area contributed by atoms with Crippen LogP contribution >= 0.6 is 0 Å². The number of nitro benzene ring substituents is 1.